The Labute approximate surface area is 126 Å². The third kappa shape index (κ3) is 3.43. The first-order valence-corrected chi connectivity index (χ1v) is 7.01. The summed E-state index contributed by atoms with van der Waals surface area (Å²) < 4.78 is 4.80. The van der Waals surface area contributed by atoms with Crippen LogP contribution >= 0.6 is 0 Å². The van der Waals surface area contributed by atoms with Gasteiger partial charge in [0.25, 0.3) is 0 Å². The van der Waals surface area contributed by atoms with Crippen LogP contribution in [0.2, 0.25) is 0 Å². The molecule has 0 aliphatic heterocycles. The Morgan fingerprint density at radius 1 is 1.10 bits per heavy atom. The van der Waals surface area contributed by atoms with E-state index in [2.05, 4.69) is 37.4 Å². The number of benzene rings is 2. The molecule has 2 rings (SSSR count). The first-order valence-electron chi connectivity index (χ1n) is 7.01. The van der Waals surface area contributed by atoms with Gasteiger partial charge in [0.05, 0.1) is 12.7 Å². The highest BCUT2D eigenvalue weighted by Gasteiger charge is 2.11. The summed E-state index contributed by atoms with van der Waals surface area (Å²) in [4.78, 5) is 11.7. The Balaban J connectivity index is 2.16. The molecule has 2 aromatic rings. The first-order chi connectivity index (χ1) is 10.0. The van der Waals surface area contributed by atoms with Crippen molar-refractivity contribution in [2.75, 3.05) is 12.4 Å². The maximum atomic E-state index is 11.7. The highest BCUT2D eigenvalue weighted by atomic mass is 16.5. The molecule has 110 valence electrons. The van der Waals surface area contributed by atoms with Crippen molar-refractivity contribution < 1.29 is 9.53 Å². The van der Waals surface area contributed by atoms with Gasteiger partial charge in [0.15, 0.2) is 0 Å². The molecule has 3 nitrogen and oxygen atoms in total. The monoisotopic (exact) mass is 283 g/mol. The molecular weight excluding hydrogens is 262 g/mol. The van der Waals surface area contributed by atoms with Crippen molar-refractivity contribution in [2.45, 2.75) is 27.3 Å². The lowest BCUT2D eigenvalue weighted by Gasteiger charge is -2.13. The summed E-state index contributed by atoms with van der Waals surface area (Å²) in [6, 6.07) is 12.0. The molecule has 0 amide bonds. The van der Waals surface area contributed by atoms with E-state index in [9.17, 15) is 4.79 Å². The summed E-state index contributed by atoms with van der Waals surface area (Å²) in [6.45, 7) is 6.88. The molecule has 0 saturated heterocycles. The van der Waals surface area contributed by atoms with Gasteiger partial charge in [0, 0.05) is 12.2 Å². The van der Waals surface area contributed by atoms with Crippen LogP contribution in [0.25, 0.3) is 0 Å². The molecule has 0 fully saturated rings. The highest BCUT2D eigenvalue weighted by molar-refractivity contribution is 5.92. The number of esters is 1. The Bertz CT molecular complexity index is 662. The van der Waals surface area contributed by atoms with Crippen LogP contribution in [-0.4, -0.2) is 13.1 Å². The van der Waals surface area contributed by atoms with Crippen LogP contribution in [0, 0.1) is 20.8 Å². The van der Waals surface area contributed by atoms with E-state index in [1.807, 2.05) is 19.1 Å². The number of anilines is 1. The fourth-order valence-electron chi connectivity index (χ4n) is 2.27. The van der Waals surface area contributed by atoms with Crippen molar-refractivity contribution in [3.05, 3.63) is 64.2 Å². The van der Waals surface area contributed by atoms with Crippen LogP contribution in [0.15, 0.2) is 36.4 Å². The number of ether oxygens (including phenoxy) is 1. The van der Waals surface area contributed by atoms with E-state index in [0.717, 1.165) is 17.8 Å². The van der Waals surface area contributed by atoms with E-state index < -0.39 is 0 Å². The molecule has 0 aliphatic rings. The van der Waals surface area contributed by atoms with Crippen molar-refractivity contribution in [3.8, 4) is 0 Å². The van der Waals surface area contributed by atoms with E-state index in [1.54, 1.807) is 6.07 Å². The second-order valence-corrected chi connectivity index (χ2v) is 5.24. The fourth-order valence-corrected chi connectivity index (χ4v) is 2.27. The lowest BCUT2D eigenvalue weighted by Crippen LogP contribution is -2.07. The normalized spacial score (nSPS) is 10.3. The van der Waals surface area contributed by atoms with E-state index in [4.69, 9.17) is 4.74 Å². The van der Waals surface area contributed by atoms with Crippen LogP contribution in [0.5, 0.6) is 0 Å². The summed E-state index contributed by atoms with van der Waals surface area (Å²) in [5.41, 5.74) is 6.27. The van der Waals surface area contributed by atoms with Crippen LogP contribution in [0.4, 0.5) is 5.69 Å². The van der Waals surface area contributed by atoms with Crippen LogP contribution < -0.4 is 5.32 Å². The molecule has 0 atom stereocenters. The van der Waals surface area contributed by atoms with Gasteiger partial charge in [-0.3, -0.25) is 0 Å². The topological polar surface area (TPSA) is 38.3 Å². The SMILES string of the molecule is COC(=O)c1cccc(NCc2ccc(C)c(C)c2)c1C. The van der Waals surface area contributed by atoms with E-state index in [0.29, 0.717) is 5.56 Å². The average Bonchev–Trinajstić information content (AvgIpc) is 2.49. The first kappa shape index (κ1) is 15.1. The van der Waals surface area contributed by atoms with E-state index >= 15 is 0 Å². The number of rotatable bonds is 4. The summed E-state index contributed by atoms with van der Waals surface area (Å²) in [5.74, 6) is -0.303. The molecule has 0 radical (unpaired) electrons. The molecule has 3 heteroatoms. The second-order valence-electron chi connectivity index (χ2n) is 5.24. The van der Waals surface area contributed by atoms with Gasteiger partial charge in [-0.25, -0.2) is 4.79 Å². The quantitative estimate of drug-likeness (QED) is 0.862. The van der Waals surface area contributed by atoms with Crippen molar-refractivity contribution in [1.29, 1.82) is 0 Å². The predicted octanol–water partition coefficient (Wildman–Crippen LogP) is 4.01. The summed E-state index contributed by atoms with van der Waals surface area (Å²) in [6.07, 6.45) is 0. The van der Waals surface area contributed by atoms with Crippen molar-refractivity contribution >= 4 is 11.7 Å². The van der Waals surface area contributed by atoms with E-state index in [-0.39, 0.29) is 5.97 Å². The molecule has 0 unspecified atom stereocenters. The Kier molecular flexibility index (Phi) is 4.63. The molecule has 0 aromatic heterocycles. The summed E-state index contributed by atoms with van der Waals surface area (Å²) >= 11 is 0. The van der Waals surface area contributed by atoms with Gasteiger partial charge in [-0.15, -0.1) is 0 Å². The Morgan fingerprint density at radius 3 is 2.52 bits per heavy atom. The van der Waals surface area contributed by atoms with Gasteiger partial charge < -0.3 is 10.1 Å². The number of aryl methyl sites for hydroxylation is 2. The summed E-state index contributed by atoms with van der Waals surface area (Å²) in [7, 11) is 1.40. The number of hydrogen-bond acceptors (Lipinski definition) is 3. The largest absolute Gasteiger partial charge is 0.465 e. The standard InChI is InChI=1S/C18H21NO2/c1-12-8-9-15(10-13(12)2)11-19-17-7-5-6-16(14(17)3)18(20)21-4/h5-10,19H,11H2,1-4H3. The zero-order valence-electron chi connectivity index (χ0n) is 13.0. The Hall–Kier alpha value is -2.29. The number of carbonyl (C=O) groups is 1. The third-order valence-electron chi connectivity index (χ3n) is 3.79. The average molecular weight is 283 g/mol. The Morgan fingerprint density at radius 2 is 1.86 bits per heavy atom. The minimum atomic E-state index is -0.303. The highest BCUT2D eigenvalue weighted by Crippen LogP contribution is 2.21. The number of methoxy groups -OCH3 is 1. The molecule has 0 bridgehead atoms. The number of carbonyl (C=O) groups excluding carboxylic acids is 1. The molecule has 0 aliphatic carbocycles. The van der Waals surface area contributed by atoms with Gasteiger partial charge in [-0.05, 0) is 55.2 Å². The second kappa shape index (κ2) is 6.44. The maximum absolute atomic E-state index is 11.7. The molecule has 0 heterocycles. The molecule has 1 N–H and O–H groups in total. The van der Waals surface area contributed by atoms with Crippen molar-refractivity contribution in [2.24, 2.45) is 0 Å². The summed E-state index contributed by atoms with van der Waals surface area (Å²) in [5, 5.41) is 3.39. The van der Waals surface area contributed by atoms with Gasteiger partial charge in [-0.2, -0.15) is 0 Å². The molecule has 0 spiro atoms. The lowest BCUT2D eigenvalue weighted by atomic mass is 10.0. The molecule has 21 heavy (non-hydrogen) atoms. The van der Waals surface area contributed by atoms with Gasteiger partial charge in [-0.1, -0.05) is 24.3 Å². The van der Waals surface area contributed by atoms with Crippen molar-refractivity contribution in [3.63, 3.8) is 0 Å². The minimum absolute atomic E-state index is 0.303. The maximum Gasteiger partial charge on any atom is 0.338 e. The number of nitrogens with one attached hydrogen (secondary N) is 1. The minimum Gasteiger partial charge on any atom is -0.465 e. The van der Waals surface area contributed by atoms with Gasteiger partial charge in [0.1, 0.15) is 0 Å². The van der Waals surface area contributed by atoms with Crippen LogP contribution in [0.1, 0.15) is 32.6 Å². The lowest BCUT2D eigenvalue weighted by molar-refractivity contribution is 0.0600. The third-order valence-corrected chi connectivity index (χ3v) is 3.79. The van der Waals surface area contributed by atoms with Crippen molar-refractivity contribution in [1.82, 2.24) is 0 Å². The van der Waals surface area contributed by atoms with Crippen LogP contribution in [0.3, 0.4) is 0 Å². The smallest absolute Gasteiger partial charge is 0.338 e. The van der Waals surface area contributed by atoms with Crippen LogP contribution in [-0.2, 0) is 11.3 Å². The molecule has 0 saturated carbocycles. The predicted molar refractivity (Wildman–Crippen MR) is 85.8 cm³/mol. The zero-order valence-corrected chi connectivity index (χ0v) is 13.0. The number of hydrogen-bond donors (Lipinski definition) is 1. The molecule has 2 aromatic carbocycles. The zero-order chi connectivity index (χ0) is 15.4. The van der Waals surface area contributed by atoms with E-state index in [1.165, 1.54) is 23.8 Å². The van der Waals surface area contributed by atoms with Gasteiger partial charge in [0.2, 0.25) is 0 Å². The molecular formula is C18H21NO2. The fraction of sp³-hybridized carbons (Fsp3) is 0.278. The van der Waals surface area contributed by atoms with Gasteiger partial charge >= 0.3 is 5.97 Å².